The van der Waals surface area contributed by atoms with Gasteiger partial charge in [-0.15, -0.1) is 0 Å². The van der Waals surface area contributed by atoms with E-state index >= 15 is 0 Å². The molecule has 4 N–H and O–H groups in total. The second kappa shape index (κ2) is 8.93. The fourth-order valence-corrected chi connectivity index (χ4v) is 4.02. The number of hydrogen-bond donors (Lipinski definition) is 3. The van der Waals surface area contributed by atoms with Gasteiger partial charge in [0, 0.05) is 37.3 Å². The van der Waals surface area contributed by atoms with E-state index in [1.807, 2.05) is 19.0 Å². The Balaban J connectivity index is 1.67. The molecule has 1 aromatic carbocycles. The smallest absolute Gasteiger partial charge is 0.267 e. The first-order chi connectivity index (χ1) is 15.4. The summed E-state index contributed by atoms with van der Waals surface area (Å²) in [6.07, 6.45) is 2.03. The number of halogens is 2. The first-order valence-corrected chi connectivity index (χ1v) is 10.1. The molecule has 0 aliphatic carbocycles. The van der Waals surface area contributed by atoms with Gasteiger partial charge in [-0.25, -0.2) is 19.1 Å². The summed E-state index contributed by atoms with van der Waals surface area (Å²) in [5.74, 6) is 0.426. The third-order valence-electron chi connectivity index (χ3n) is 5.70. The topological polar surface area (TPSA) is 106 Å². The summed E-state index contributed by atoms with van der Waals surface area (Å²) in [7, 11) is 3.97. The molecule has 166 valence electrons. The van der Waals surface area contributed by atoms with Gasteiger partial charge in [0.1, 0.15) is 17.2 Å². The summed E-state index contributed by atoms with van der Waals surface area (Å²) in [5, 5.41) is 9.17. The SMILES string of the molecule is CN(C)[C@H]1CN(c2nc([NH2+]c3ccc(F)cn3)c(C=N)c(=O)[nH]2)C[C@@H]1c1ccc(F)cc1. The molecule has 0 unspecified atom stereocenters. The number of likely N-dealkylation sites (N-methyl/N-ethyl adjacent to an activating group) is 1. The second-order valence-corrected chi connectivity index (χ2v) is 7.97. The summed E-state index contributed by atoms with van der Waals surface area (Å²) >= 11 is 0. The van der Waals surface area contributed by atoms with Crippen molar-refractivity contribution in [1.29, 1.82) is 5.41 Å². The average Bonchev–Trinajstić information content (AvgIpc) is 3.22. The molecule has 4 rings (SSSR count). The van der Waals surface area contributed by atoms with Gasteiger partial charge in [0.2, 0.25) is 17.6 Å². The van der Waals surface area contributed by atoms with Crippen LogP contribution < -0.4 is 15.8 Å². The van der Waals surface area contributed by atoms with Crippen molar-refractivity contribution in [2.24, 2.45) is 0 Å². The van der Waals surface area contributed by atoms with Gasteiger partial charge < -0.3 is 15.2 Å². The molecule has 2 atom stereocenters. The Bertz CT molecular complexity index is 1160. The molecule has 0 bridgehead atoms. The van der Waals surface area contributed by atoms with E-state index in [1.165, 1.54) is 24.3 Å². The van der Waals surface area contributed by atoms with Crippen LogP contribution in [0.15, 0.2) is 47.4 Å². The molecule has 2 aromatic heterocycles. The van der Waals surface area contributed by atoms with E-state index in [1.54, 1.807) is 17.4 Å². The number of hydrogen-bond acceptors (Lipinski definition) is 6. The Morgan fingerprint density at radius 2 is 1.88 bits per heavy atom. The Hall–Kier alpha value is -3.50. The zero-order valence-electron chi connectivity index (χ0n) is 17.7. The highest BCUT2D eigenvalue weighted by Crippen LogP contribution is 2.32. The molecule has 0 radical (unpaired) electrons. The van der Waals surface area contributed by atoms with Gasteiger partial charge in [-0.05, 0) is 37.9 Å². The van der Waals surface area contributed by atoms with Crippen molar-refractivity contribution in [3.05, 3.63) is 75.7 Å². The normalized spacial score (nSPS) is 18.3. The largest absolute Gasteiger partial charge is 0.340 e. The second-order valence-electron chi connectivity index (χ2n) is 7.97. The maximum Gasteiger partial charge on any atom is 0.267 e. The number of aromatic amines is 1. The van der Waals surface area contributed by atoms with Crippen molar-refractivity contribution in [3.63, 3.8) is 0 Å². The fraction of sp³-hybridized carbons (Fsp3) is 0.273. The van der Waals surface area contributed by atoms with Gasteiger partial charge in [-0.2, -0.15) is 4.98 Å². The number of aromatic nitrogens is 3. The maximum atomic E-state index is 13.4. The van der Waals surface area contributed by atoms with Crippen molar-refractivity contribution < 1.29 is 14.1 Å². The molecule has 0 amide bonds. The number of rotatable bonds is 6. The van der Waals surface area contributed by atoms with Crippen molar-refractivity contribution in [1.82, 2.24) is 19.9 Å². The number of pyridine rings is 1. The Morgan fingerprint density at radius 3 is 2.50 bits per heavy atom. The third kappa shape index (κ3) is 4.41. The van der Waals surface area contributed by atoms with E-state index in [2.05, 4.69) is 19.9 Å². The van der Waals surface area contributed by atoms with Gasteiger partial charge >= 0.3 is 0 Å². The molecule has 0 saturated carbocycles. The van der Waals surface area contributed by atoms with E-state index in [0.29, 0.717) is 24.9 Å². The van der Waals surface area contributed by atoms with Gasteiger partial charge in [0.05, 0.1) is 6.20 Å². The number of nitrogens with zero attached hydrogens (tertiary/aromatic N) is 4. The minimum absolute atomic E-state index is 0.0875. The highest BCUT2D eigenvalue weighted by atomic mass is 19.1. The number of nitrogens with two attached hydrogens (primary N) is 1. The molecular formula is C22H24F2N7O+. The lowest BCUT2D eigenvalue weighted by Gasteiger charge is -2.25. The van der Waals surface area contributed by atoms with Crippen molar-refractivity contribution in [2.75, 3.05) is 32.1 Å². The van der Waals surface area contributed by atoms with Crippen LogP contribution in [-0.2, 0) is 0 Å². The van der Waals surface area contributed by atoms with Crippen molar-refractivity contribution in [2.45, 2.75) is 12.0 Å². The Morgan fingerprint density at radius 1 is 1.16 bits per heavy atom. The molecule has 3 aromatic rings. The highest BCUT2D eigenvalue weighted by molar-refractivity contribution is 5.81. The summed E-state index contributed by atoms with van der Waals surface area (Å²) in [6.45, 7) is 1.19. The number of anilines is 1. The minimum Gasteiger partial charge on any atom is -0.340 e. The Labute approximate surface area is 183 Å². The molecule has 0 spiro atoms. The van der Waals surface area contributed by atoms with E-state index in [4.69, 9.17) is 5.41 Å². The Kier molecular flexibility index (Phi) is 6.06. The predicted molar refractivity (Wildman–Crippen MR) is 117 cm³/mol. The van der Waals surface area contributed by atoms with Gasteiger partial charge in [0.25, 0.3) is 5.56 Å². The van der Waals surface area contributed by atoms with Crippen LogP contribution in [-0.4, -0.2) is 59.3 Å². The lowest BCUT2D eigenvalue weighted by Crippen LogP contribution is -2.73. The summed E-state index contributed by atoms with van der Waals surface area (Å²) < 4.78 is 26.6. The number of nitrogens with one attached hydrogen (secondary N) is 2. The summed E-state index contributed by atoms with van der Waals surface area (Å²) in [6, 6.07) is 9.35. The van der Waals surface area contributed by atoms with Crippen LogP contribution in [0.5, 0.6) is 0 Å². The predicted octanol–water partition coefficient (Wildman–Crippen LogP) is 1.50. The van der Waals surface area contributed by atoms with Crippen molar-refractivity contribution in [3.8, 4) is 0 Å². The number of benzene rings is 1. The van der Waals surface area contributed by atoms with E-state index < -0.39 is 11.4 Å². The van der Waals surface area contributed by atoms with Crippen LogP contribution in [0.2, 0.25) is 0 Å². The molecule has 3 heterocycles. The zero-order valence-corrected chi connectivity index (χ0v) is 17.7. The summed E-state index contributed by atoms with van der Waals surface area (Å²) in [4.78, 5) is 28.1. The monoisotopic (exact) mass is 440 g/mol. The van der Waals surface area contributed by atoms with E-state index in [9.17, 15) is 13.6 Å². The lowest BCUT2D eigenvalue weighted by atomic mass is 9.94. The lowest BCUT2D eigenvalue weighted by molar-refractivity contribution is -0.487. The standard InChI is InChI=1S/C22H23F2N7O/c1-30(2)18-12-31(11-17(18)13-3-5-14(23)6-4-13)22-28-20(16(9-25)21(32)29-22)27-19-8-7-15(24)10-26-19/h3-10,17-18,25H,11-12H2,1-2H3,(H2,26,27,28,29,32)/p+1/t17-,18+/m1/s1. The average molecular weight is 440 g/mol. The molecule has 1 aliphatic heterocycles. The van der Waals surface area contributed by atoms with Crippen LogP contribution in [0.25, 0.3) is 0 Å². The van der Waals surface area contributed by atoms with Gasteiger partial charge in [0.15, 0.2) is 0 Å². The van der Waals surface area contributed by atoms with E-state index in [-0.39, 0.29) is 29.2 Å². The van der Waals surface area contributed by atoms with Gasteiger partial charge in [-0.1, -0.05) is 12.1 Å². The van der Waals surface area contributed by atoms with Gasteiger partial charge in [-0.3, -0.25) is 9.78 Å². The van der Waals surface area contributed by atoms with Crippen LogP contribution in [0.1, 0.15) is 17.0 Å². The quantitative estimate of drug-likeness (QED) is 0.504. The van der Waals surface area contributed by atoms with Crippen molar-refractivity contribution >= 4 is 23.8 Å². The third-order valence-corrected chi connectivity index (χ3v) is 5.70. The first-order valence-electron chi connectivity index (χ1n) is 10.1. The van der Waals surface area contributed by atoms with Crippen LogP contribution in [0.3, 0.4) is 0 Å². The number of quaternary nitrogens is 1. The molecule has 1 fully saturated rings. The molecule has 8 nitrogen and oxygen atoms in total. The molecule has 1 aliphatic rings. The molecule has 1 saturated heterocycles. The van der Waals surface area contributed by atoms with Crippen LogP contribution >= 0.6 is 0 Å². The fourth-order valence-electron chi connectivity index (χ4n) is 4.02. The van der Waals surface area contributed by atoms with Crippen LogP contribution in [0, 0.1) is 17.0 Å². The minimum atomic E-state index is -0.465. The highest BCUT2D eigenvalue weighted by Gasteiger charge is 2.36. The molecule has 32 heavy (non-hydrogen) atoms. The number of H-pyrrole nitrogens is 1. The molecule has 10 heteroatoms. The summed E-state index contributed by atoms with van der Waals surface area (Å²) in [5.41, 5.74) is 0.664. The van der Waals surface area contributed by atoms with Crippen LogP contribution in [0.4, 0.5) is 26.4 Å². The first kappa shape index (κ1) is 21.7. The van der Waals surface area contributed by atoms with E-state index in [0.717, 1.165) is 18.0 Å². The maximum absolute atomic E-state index is 13.4. The zero-order chi connectivity index (χ0) is 22.8. The molecular weight excluding hydrogens is 416 g/mol.